The first-order valence-corrected chi connectivity index (χ1v) is 15.0. The molecule has 2 rings (SSSR count). The van der Waals surface area contributed by atoms with Crippen molar-refractivity contribution in [3.05, 3.63) is 5.21 Å². The number of carboxylic acids is 1. The molecule has 1 N–H and O–H groups in total. The fourth-order valence-electron chi connectivity index (χ4n) is 6.07. The molecule has 0 aromatic heterocycles. The van der Waals surface area contributed by atoms with Crippen LogP contribution in [-0.4, -0.2) is 60.1 Å². The number of ether oxygens (including phenoxy) is 2. The van der Waals surface area contributed by atoms with E-state index in [4.69, 9.17) is 9.47 Å². The lowest BCUT2D eigenvalue weighted by molar-refractivity contribution is -0.916. The molecule has 36 heavy (non-hydrogen) atoms. The predicted molar refractivity (Wildman–Crippen MR) is 142 cm³/mol. The molecular formula is C29H53NO6. The standard InChI is InChI=1S/C29H53NO6/c1-3-5-7-9-10-11-12-13-14-16-24(22-27-25(29(33)36-27)17-15-8-6-4-2)26(23-28(31)32)30(34)18-20-35-21-19-30/h24-27H,3-23H2,1-2H3,(H,31,32)/t24?,25-,26-,27-/m0/s1. The number of carbonyl (C=O) groups excluding carboxylic acids is 1. The van der Waals surface area contributed by atoms with Crippen molar-refractivity contribution in [3.8, 4) is 0 Å². The quantitative estimate of drug-likeness (QED) is 0.0806. The minimum absolute atomic E-state index is 0.0579. The Labute approximate surface area is 219 Å². The molecule has 4 atom stereocenters. The maximum Gasteiger partial charge on any atom is 0.313 e. The van der Waals surface area contributed by atoms with Gasteiger partial charge in [-0.3, -0.25) is 9.59 Å². The second kappa shape index (κ2) is 17.4. The van der Waals surface area contributed by atoms with Crippen molar-refractivity contribution in [1.29, 1.82) is 0 Å². The van der Waals surface area contributed by atoms with E-state index in [-0.39, 0.29) is 30.3 Å². The summed E-state index contributed by atoms with van der Waals surface area (Å²) in [5, 5.41) is 23.5. The third-order valence-electron chi connectivity index (χ3n) is 8.36. The van der Waals surface area contributed by atoms with E-state index >= 15 is 0 Å². The number of rotatable bonds is 21. The summed E-state index contributed by atoms with van der Waals surface area (Å²) in [6.07, 6.45) is 17.5. The summed E-state index contributed by atoms with van der Waals surface area (Å²) in [5.41, 5.74) is 0. The van der Waals surface area contributed by atoms with Gasteiger partial charge in [-0.15, -0.1) is 0 Å². The van der Waals surface area contributed by atoms with E-state index in [9.17, 15) is 19.9 Å². The smallest absolute Gasteiger partial charge is 0.313 e. The van der Waals surface area contributed by atoms with Gasteiger partial charge >= 0.3 is 11.9 Å². The number of carboxylic acid groups (broad SMARTS) is 1. The fraction of sp³-hybridized carbons (Fsp3) is 0.931. The highest BCUT2D eigenvalue weighted by Gasteiger charge is 2.46. The monoisotopic (exact) mass is 511 g/mol. The summed E-state index contributed by atoms with van der Waals surface area (Å²) in [4.78, 5) is 24.1. The third-order valence-corrected chi connectivity index (χ3v) is 8.36. The lowest BCUT2D eigenvalue weighted by Crippen LogP contribution is -2.60. The molecule has 2 saturated heterocycles. The van der Waals surface area contributed by atoms with Gasteiger partial charge in [0.15, 0.2) is 0 Å². The van der Waals surface area contributed by atoms with Crippen LogP contribution in [0.4, 0.5) is 0 Å². The zero-order chi connectivity index (χ0) is 26.2. The normalized spacial score (nSPS) is 23.0. The number of carbonyl (C=O) groups is 2. The maximum atomic E-state index is 13.8. The minimum atomic E-state index is -0.918. The highest BCUT2D eigenvalue weighted by molar-refractivity contribution is 5.78. The highest BCUT2D eigenvalue weighted by Crippen LogP contribution is 2.38. The van der Waals surface area contributed by atoms with Crippen LogP contribution in [0.15, 0.2) is 0 Å². The van der Waals surface area contributed by atoms with Gasteiger partial charge in [0.1, 0.15) is 25.2 Å². The Kier molecular flexibility index (Phi) is 15.0. The van der Waals surface area contributed by atoms with Crippen LogP contribution in [0.3, 0.4) is 0 Å². The largest absolute Gasteiger partial charge is 0.632 e. The van der Waals surface area contributed by atoms with Crippen molar-refractivity contribution < 1.29 is 28.8 Å². The summed E-state index contributed by atoms with van der Waals surface area (Å²) >= 11 is 0. The van der Waals surface area contributed by atoms with E-state index in [1.165, 1.54) is 51.4 Å². The first kappa shape index (κ1) is 31.0. The molecule has 7 nitrogen and oxygen atoms in total. The third kappa shape index (κ3) is 10.7. The lowest BCUT2D eigenvalue weighted by atomic mass is 9.79. The number of hydrogen-bond donors (Lipinski definition) is 1. The molecular weight excluding hydrogens is 458 g/mol. The van der Waals surface area contributed by atoms with Crippen LogP contribution in [0.1, 0.15) is 123 Å². The molecule has 0 aliphatic carbocycles. The minimum Gasteiger partial charge on any atom is -0.632 e. The number of cyclic esters (lactones) is 1. The Balaban J connectivity index is 1.98. The number of quaternary nitrogens is 1. The summed E-state index contributed by atoms with van der Waals surface area (Å²) in [5.74, 6) is -1.19. The van der Waals surface area contributed by atoms with Gasteiger partial charge in [0.05, 0.1) is 25.6 Å². The first-order valence-electron chi connectivity index (χ1n) is 15.0. The molecule has 0 bridgehead atoms. The average Bonchev–Trinajstić information content (AvgIpc) is 2.85. The van der Waals surface area contributed by atoms with Gasteiger partial charge < -0.3 is 24.4 Å². The molecule has 210 valence electrons. The van der Waals surface area contributed by atoms with Crippen molar-refractivity contribution in [2.45, 2.75) is 135 Å². The number of hydrogen-bond acceptors (Lipinski definition) is 5. The van der Waals surface area contributed by atoms with Gasteiger partial charge in [-0.25, -0.2) is 0 Å². The molecule has 7 heteroatoms. The number of hydroxylamine groups is 3. The van der Waals surface area contributed by atoms with E-state index in [0.29, 0.717) is 32.7 Å². The Hall–Kier alpha value is -1.18. The number of esters is 1. The molecule has 0 amide bonds. The van der Waals surface area contributed by atoms with E-state index in [0.717, 1.165) is 44.9 Å². The van der Waals surface area contributed by atoms with Crippen LogP contribution in [0.25, 0.3) is 0 Å². The summed E-state index contributed by atoms with van der Waals surface area (Å²) in [6, 6.07) is -0.513. The molecule has 1 unspecified atom stereocenters. The van der Waals surface area contributed by atoms with Gasteiger partial charge in [-0.1, -0.05) is 97.3 Å². The zero-order valence-electron chi connectivity index (χ0n) is 23.1. The SMILES string of the molecule is CCCCCCCCCCCC(C[C@@H]1OC(=O)[C@H]1CCCCCC)[C@H](CC(=O)O)[N+]1([O-])CCOCC1. The molecule has 0 aromatic rings. The van der Waals surface area contributed by atoms with E-state index in [1.807, 2.05) is 0 Å². The Morgan fingerprint density at radius 3 is 2.06 bits per heavy atom. The summed E-state index contributed by atoms with van der Waals surface area (Å²) in [7, 11) is 0. The predicted octanol–water partition coefficient (Wildman–Crippen LogP) is 6.61. The molecule has 0 spiro atoms. The molecule has 2 aliphatic heterocycles. The molecule has 0 saturated carbocycles. The van der Waals surface area contributed by atoms with Crippen molar-refractivity contribution in [3.63, 3.8) is 0 Å². The van der Waals surface area contributed by atoms with Gasteiger partial charge in [-0.05, 0) is 19.3 Å². The van der Waals surface area contributed by atoms with Crippen LogP contribution in [0.5, 0.6) is 0 Å². The Bertz CT molecular complexity index is 621. The van der Waals surface area contributed by atoms with E-state index in [1.54, 1.807) is 0 Å². The molecule has 2 heterocycles. The van der Waals surface area contributed by atoms with Crippen LogP contribution in [0, 0.1) is 17.0 Å². The van der Waals surface area contributed by atoms with Crippen molar-refractivity contribution in [2.75, 3.05) is 26.3 Å². The highest BCUT2D eigenvalue weighted by atomic mass is 16.6. The lowest BCUT2D eigenvalue weighted by Gasteiger charge is -2.53. The topological polar surface area (TPSA) is 95.9 Å². The number of morpholine rings is 1. The van der Waals surface area contributed by atoms with Gasteiger partial charge in [0.2, 0.25) is 0 Å². The fourth-order valence-corrected chi connectivity index (χ4v) is 6.07. The van der Waals surface area contributed by atoms with Crippen molar-refractivity contribution >= 4 is 11.9 Å². The van der Waals surface area contributed by atoms with E-state index < -0.39 is 16.7 Å². The van der Waals surface area contributed by atoms with Gasteiger partial charge in [-0.2, -0.15) is 0 Å². The second-order valence-electron chi connectivity index (χ2n) is 11.2. The zero-order valence-corrected chi connectivity index (χ0v) is 23.1. The first-order chi connectivity index (χ1) is 17.4. The van der Waals surface area contributed by atoms with Crippen LogP contribution in [-0.2, 0) is 19.1 Å². The van der Waals surface area contributed by atoms with Crippen LogP contribution < -0.4 is 0 Å². The van der Waals surface area contributed by atoms with Gasteiger partial charge in [0, 0.05) is 5.92 Å². The number of unbranched alkanes of at least 4 members (excludes halogenated alkanes) is 11. The maximum absolute atomic E-state index is 13.8. The number of aliphatic carboxylic acids is 1. The van der Waals surface area contributed by atoms with Crippen LogP contribution in [0.2, 0.25) is 0 Å². The van der Waals surface area contributed by atoms with Crippen molar-refractivity contribution in [2.24, 2.45) is 11.8 Å². The average molecular weight is 512 g/mol. The number of nitrogens with zero attached hydrogens (tertiary/aromatic N) is 1. The van der Waals surface area contributed by atoms with E-state index in [2.05, 4.69) is 13.8 Å². The second-order valence-corrected chi connectivity index (χ2v) is 11.2. The Morgan fingerprint density at radius 1 is 0.944 bits per heavy atom. The van der Waals surface area contributed by atoms with Gasteiger partial charge in [0.25, 0.3) is 0 Å². The van der Waals surface area contributed by atoms with Crippen LogP contribution >= 0.6 is 0 Å². The molecule has 0 aromatic carbocycles. The summed E-state index contributed by atoms with van der Waals surface area (Å²) in [6.45, 7) is 5.77. The molecule has 2 fully saturated rings. The molecule has 2 aliphatic rings. The Morgan fingerprint density at radius 2 is 1.50 bits per heavy atom. The molecule has 0 radical (unpaired) electrons. The summed E-state index contributed by atoms with van der Waals surface area (Å²) < 4.78 is 10.5. The van der Waals surface area contributed by atoms with Crippen molar-refractivity contribution in [1.82, 2.24) is 0 Å².